The van der Waals surface area contributed by atoms with Crippen molar-refractivity contribution in [1.29, 1.82) is 0 Å². The van der Waals surface area contributed by atoms with Gasteiger partial charge in [0.15, 0.2) is 5.60 Å². The van der Waals surface area contributed by atoms with Crippen LogP contribution in [0, 0.1) is 0 Å². The molecule has 19 heavy (non-hydrogen) atoms. The van der Waals surface area contributed by atoms with Crippen LogP contribution in [0.25, 0.3) is 0 Å². The number of ether oxygens (including phenoxy) is 1. The predicted molar refractivity (Wildman–Crippen MR) is 71.5 cm³/mol. The lowest BCUT2D eigenvalue weighted by Gasteiger charge is -2.37. The highest BCUT2D eigenvalue weighted by Crippen LogP contribution is 2.26. The average molecular weight is 304 g/mol. The van der Waals surface area contributed by atoms with Gasteiger partial charge in [0.05, 0.1) is 13.2 Å². The monoisotopic (exact) mass is 304 g/mol. The molecule has 1 aliphatic rings. The molecule has 1 aromatic heterocycles. The van der Waals surface area contributed by atoms with E-state index in [0.717, 1.165) is 0 Å². The Morgan fingerprint density at radius 3 is 2.89 bits per heavy atom. The molecule has 0 aliphatic carbocycles. The third kappa shape index (κ3) is 2.66. The molecule has 0 aromatic carbocycles. The minimum absolute atomic E-state index is 0.0207. The Balaban J connectivity index is 2.25. The number of thiophene rings is 1. The van der Waals surface area contributed by atoms with Gasteiger partial charge in [-0.3, -0.25) is 4.79 Å². The van der Waals surface area contributed by atoms with Crippen LogP contribution in [0.4, 0.5) is 0 Å². The van der Waals surface area contributed by atoms with Gasteiger partial charge < -0.3 is 10.1 Å². The first-order valence-electron chi connectivity index (χ1n) is 5.80. The van der Waals surface area contributed by atoms with Crippen molar-refractivity contribution in [1.82, 2.24) is 9.62 Å². The maximum Gasteiger partial charge on any atom is 0.253 e. The van der Waals surface area contributed by atoms with Crippen molar-refractivity contribution in [2.24, 2.45) is 0 Å². The van der Waals surface area contributed by atoms with Gasteiger partial charge in [0.25, 0.3) is 15.9 Å². The van der Waals surface area contributed by atoms with Gasteiger partial charge in [-0.15, -0.1) is 11.3 Å². The van der Waals surface area contributed by atoms with Crippen molar-refractivity contribution in [2.75, 3.05) is 26.7 Å². The zero-order chi connectivity index (χ0) is 14.1. The van der Waals surface area contributed by atoms with Crippen molar-refractivity contribution >= 4 is 27.3 Å². The maximum absolute atomic E-state index is 12.4. The first-order valence-corrected chi connectivity index (χ1v) is 8.12. The van der Waals surface area contributed by atoms with E-state index in [4.69, 9.17) is 4.74 Å². The predicted octanol–water partition coefficient (Wildman–Crippen LogP) is 0.274. The second-order valence-corrected chi connectivity index (χ2v) is 7.54. The molecule has 106 valence electrons. The number of morpholine rings is 1. The standard InChI is InChI=1S/C11H16N2O4S2/c1-11(10(14)12-2)8-13(5-6-17-11)19(15,16)9-4-3-7-18-9/h3-4,7H,5-6,8H2,1-2H3,(H,12,14)/t11-/m0/s1. The number of nitrogens with zero attached hydrogens (tertiary/aromatic N) is 1. The molecule has 2 heterocycles. The third-order valence-corrected chi connectivity index (χ3v) is 6.25. The first-order chi connectivity index (χ1) is 8.90. The van der Waals surface area contributed by atoms with Crippen LogP contribution in [0.2, 0.25) is 0 Å². The summed E-state index contributed by atoms with van der Waals surface area (Å²) in [5.74, 6) is -0.321. The summed E-state index contributed by atoms with van der Waals surface area (Å²) in [5.41, 5.74) is -1.14. The van der Waals surface area contributed by atoms with E-state index in [9.17, 15) is 13.2 Å². The molecule has 1 N–H and O–H groups in total. The van der Waals surface area contributed by atoms with E-state index in [-0.39, 0.29) is 29.8 Å². The van der Waals surface area contributed by atoms with Crippen LogP contribution >= 0.6 is 11.3 Å². The van der Waals surface area contributed by atoms with Crippen LogP contribution in [-0.2, 0) is 19.6 Å². The van der Waals surface area contributed by atoms with Crippen molar-refractivity contribution in [3.63, 3.8) is 0 Å². The molecule has 8 heteroatoms. The Hall–Kier alpha value is -0.960. The van der Waals surface area contributed by atoms with Crippen LogP contribution in [0.5, 0.6) is 0 Å². The molecule has 1 amide bonds. The van der Waals surface area contributed by atoms with E-state index < -0.39 is 15.6 Å². The van der Waals surface area contributed by atoms with Gasteiger partial charge in [-0.1, -0.05) is 6.07 Å². The summed E-state index contributed by atoms with van der Waals surface area (Å²) in [4.78, 5) is 11.8. The Labute approximate surface area is 116 Å². The zero-order valence-corrected chi connectivity index (χ0v) is 12.4. The van der Waals surface area contributed by atoms with E-state index in [0.29, 0.717) is 0 Å². The Bertz CT molecular complexity index is 555. The number of amides is 1. The molecule has 0 bridgehead atoms. The molecule has 1 aliphatic heterocycles. The van der Waals surface area contributed by atoms with Gasteiger partial charge in [-0.25, -0.2) is 8.42 Å². The van der Waals surface area contributed by atoms with Crippen molar-refractivity contribution in [3.05, 3.63) is 17.5 Å². The second-order valence-electron chi connectivity index (χ2n) is 4.43. The molecule has 0 unspecified atom stereocenters. The fourth-order valence-electron chi connectivity index (χ4n) is 1.98. The Kier molecular flexibility index (Phi) is 3.95. The molecule has 6 nitrogen and oxygen atoms in total. The minimum Gasteiger partial charge on any atom is -0.363 e. The summed E-state index contributed by atoms with van der Waals surface area (Å²) in [6, 6.07) is 3.25. The summed E-state index contributed by atoms with van der Waals surface area (Å²) >= 11 is 1.17. The van der Waals surface area contributed by atoms with E-state index in [1.165, 1.54) is 22.7 Å². The molecule has 1 saturated heterocycles. The molecule has 0 spiro atoms. The van der Waals surface area contributed by atoms with Gasteiger partial charge in [0, 0.05) is 13.6 Å². The van der Waals surface area contributed by atoms with Crippen LogP contribution in [0.15, 0.2) is 21.7 Å². The number of rotatable bonds is 3. The van der Waals surface area contributed by atoms with Crippen molar-refractivity contribution in [3.8, 4) is 0 Å². The Morgan fingerprint density at radius 1 is 1.58 bits per heavy atom. The minimum atomic E-state index is -3.54. The van der Waals surface area contributed by atoms with E-state index in [1.807, 2.05) is 0 Å². The topological polar surface area (TPSA) is 75.7 Å². The number of sulfonamides is 1. The van der Waals surface area contributed by atoms with E-state index in [2.05, 4.69) is 5.32 Å². The van der Waals surface area contributed by atoms with Gasteiger partial charge in [0.1, 0.15) is 4.21 Å². The highest BCUT2D eigenvalue weighted by molar-refractivity contribution is 7.91. The molecule has 1 aromatic rings. The number of carbonyl (C=O) groups is 1. The fraction of sp³-hybridized carbons (Fsp3) is 0.545. The molecule has 2 rings (SSSR count). The van der Waals surface area contributed by atoms with Gasteiger partial charge >= 0.3 is 0 Å². The second kappa shape index (κ2) is 5.20. The summed E-state index contributed by atoms with van der Waals surface area (Å²) in [7, 11) is -2.04. The molecule has 0 saturated carbocycles. The SMILES string of the molecule is CNC(=O)[C@]1(C)CN(S(=O)(=O)c2cccs2)CCO1. The van der Waals surface area contributed by atoms with Crippen molar-refractivity contribution in [2.45, 2.75) is 16.7 Å². The largest absolute Gasteiger partial charge is 0.363 e. The van der Waals surface area contributed by atoms with E-state index >= 15 is 0 Å². The smallest absolute Gasteiger partial charge is 0.253 e. The maximum atomic E-state index is 12.4. The number of likely N-dealkylation sites (N-methyl/N-ethyl adjacent to an activating group) is 1. The lowest BCUT2D eigenvalue weighted by atomic mass is 10.0. The average Bonchev–Trinajstić information content (AvgIpc) is 2.92. The quantitative estimate of drug-likeness (QED) is 0.870. The summed E-state index contributed by atoms with van der Waals surface area (Å²) in [5, 5.41) is 4.21. The number of hydrogen-bond donors (Lipinski definition) is 1. The van der Waals surface area contributed by atoms with E-state index in [1.54, 1.807) is 24.4 Å². The third-order valence-electron chi connectivity index (χ3n) is 3.04. The van der Waals surface area contributed by atoms with Gasteiger partial charge in [0.2, 0.25) is 0 Å². The first kappa shape index (κ1) is 14.4. The molecule has 0 radical (unpaired) electrons. The summed E-state index contributed by atoms with van der Waals surface area (Å²) in [6.07, 6.45) is 0. The molecule has 1 fully saturated rings. The normalized spacial score (nSPS) is 25.2. The summed E-state index contributed by atoms with van der Waals surface area (Å²) in [6.45, 7) is 2.08. The fourth-order valence-corrected chi connectivity index (χ4v) is 4.63. The zero-order valence-electron chi connectivity index (χ0n) is 10.8. The Morgan fingerprint density at radius 2 is 2.32 bits per heavy atom. The highest BCUT2D eigenvalue weighted by atomic mass is 32.2. The van der Waals surface area contributed by atoms with Crippen LogP contribution < -0.4 is 5.32 Å². The van der Waals surface area contributed by atoms with Crippen LogP contribution in [0.3, 0.4) is 0 Å². The molecule has 1 atom stereocenters. The lowest BCUT2D eigenvalue weighted by molar-refractivity contribution is -0.151. The number of nitrogens with one attached hydrogen (secondary N) is 1. The van der Waals surface area contributed by atoms with Gasteiger partial charge in [-0.2, -0.15) is 4.31 Å². The lowest BCUT2D eigenvalue weighted by Crippen LogP contribution is -2.58. The summed E-state index contributed by atoms with van der Waals surface area (Å²) < 4.78 is 31.8. The number of carbonyl (C=O) groups excluding carboxylic acids is 1. The molecular formula is C11H16N2O4S2. The molecular weight excluding hydrogens is 288 g/mol. The van der Waals surface area contributed by atoms with Gasteiger partial charge in [-0.05, 0) is 18.4 Å². The van der Waals surface area contributed by atoms with Crippen LogP contribution in [-0.4, -0.2) is 51.0 Å². The van der Waals surface area contributed by atoms with Crippen molar-refractivity contribution < 1.29 is 17.9 Å². The van der Waals surface area contributed by atoms with Crippen LogP contribution in [0.1, 0.15) is 6.92 Å². The number of hydrogen-bond acceptors (Lipinski definition) is 5. The highest BCUT2D eigenvalue weighted by Gasteiger charge is 2.42.